The molecule has 0 atom stereocenters. The summed E-state index contributed by atoms with van der Waals surface area (Å²) in [4.78, 5) is 15.3. The van der Waals surface area contributed by atoms with Gasteiger partial charge in [-0.1, -0.05) is 59.2 Å². The first-order valence-electron chi connectivity index (χ1n) is 7.26. The molecule has 120 valence electrons. The summed E-state index contributed by atoms with van der Waals surface area (Å²) >= 11 is 6.26. The molecule has 0 aliphatic carbocycles. The van der Waals surface area contributed by atoms with Gasteiger partial charge in [0.15, 0.2) is 0 Å². The van der Waals surface area contributed by atoms with Gasteiger partial charge in [0.1, 0.15) is 5.03 Å². The Balaban J connectivity index is 1.79. The molecule has 0 radical (unpaired) electrons. The number of carbonyl (C=O) groups excluding carboxylic acids is 1. The number of carbonyl (C=O) groups is 1. The summed E-state index contributed by atoms with van der Waals surface area (Å²) in [6.07, 6.45) is 1.72. The van der Waals surface area contributed by atoms with Crippen LogP contribution in [0, 0.1) is 0 Å². The topological polar surface area (TPSA) is 68.0 Å². The number of hydrogen-bond acceptors (Lipinski definition) is 4. The molecule has 24 heavy (non-hydrogen) atoms. The summed E-state index contributed by atoms with van der Waals surface area (Å²) in [7, 11) is 0. The Kier molecular flexibility index (Phi) is 4.72. The molecule has 0 saturated heterocycles. The molecule has 3 aromatic rings. The van der Waals surface area contributed by atoms with Crippen molar-refractivity contribution in [2.75, 3.05) is 5.32 Å². The van der Waals surface area contributed by atoms with Crippen LogP contribution in [0.15, 0.2) is 59.1 Å². The fourth-order valence-corrected chi connectivity index (χ4v) is 2.30. The highest BCUT2D eigenvalue weighted by atomic mass is 35.5. The maximum Gasteiger partial charge on any atom is 0.269 e. The Morgan fingerprint density at radius 3 is 2.50 bits per heavy atom. The smallest absolute Gasteiger partial charge is 0.269 e. The van der Waals surface area contributed by atoms with Crippen LogP contribution in [0.4, 0.5) is 5.69 Å². The maximum atomic E-state index is 11.0. The Morgan fingerprint density at radius 1 is 1.12 bits per heavy atom. The minimum absolute atomic E-state index is 0.115. The minimum atomic E-state index is -0.115. The zero-order chi connectivity index (χ0) is 16.9. The highest BCUT2D eigenvalue weighted by molar-refractivity contribution is 6.50. The minimum Gasteiger partial charge on any atom is -0.333 e. The van der Waals surface area contributed by atoms with Gasteiger partial charge in [-0.25, -0.2) is 0 Å². The van der Waals surface area contributed by atoms with E-state index in [1.54, 1.807) is 18.2 Å². The van der Waals surface area contributed by atoms with Crippen molar-refractivity contribution in [2.45, 2.75) is 6.92 Å². The SMILES string of the molecule is CC(=O)Nc1ccc(/C=C(\Cl)c2nc(-c3ccccc3)no2)cc1. The predicted molar refractivity (Wildman–Crippen MR) is 94.2 cm³/mol. The molecule has 0 unspecified atom stereocenters. The number of halogens is 1. The van der Waals surface area contributed by atoms with Gasteiger partial charge in [0.05, 0.1) is 0 Å². The Hall–Kier alpha value is -2.92. The molecule has 1 amide bonds. The fourth-order valence-electron chi connectivity index (χ4n) is 2.10. The molecule has 1 aromatic heterocycles. The lowest BCUT2D eigenvalue weighted by Crippen LogP contribution is -2.05. The molecule has 1 N–H and O–H groups in total. The van der Waals surface area contributed by atoms with E-state index in [2.05, 4.69) is 15.5 Å². The summed E-state index contributed by atoms with van der Waals surface area (Å²) in [5.41, 5.74) is 2.44. The Morgan fingerprint density at radius 2 is 1.83 bits per heavy atom. The van der Waals surface area contributed by atoms with Gasteiger partial charge >= 0.3 is 0 Å². The molecule has 0 aliphatic heterocycles. The summed E-state index contributed by atoms with van der Waals surface area (Å²) in [6, 6.07) is 16.8. The van der Waals surface area contributed by atoms with E-state index >= 15 is 0 Å². The average Bonchev–Trinajstić information content (AvgIpc) is 3.07. The van der Waals surface area contributed by atoms with Crippen LogP contribution < -0.4 is 5.32 Å². The molecule has 3 rings (SSSR count). The third-order valence-corrected chi connectivity index (χ3v) is 3.46. The van der Waals surface area contributed by atoms with Crippen LogP contribution in [0.5, 0.6) is 0 Å². The van der Waals surface area contributed by atoms with Crippen molar-refractivity contribution in [3.8, 4) is 11.4 Å². The van der Waals surface area contributed by atoms with Crippen molar-refractivity contribution in [3.63, 3.8) is 0 Å². The zero-order valence-corrected chi connectivity index (χ0v) is 13.6. The van der Waals surface area contributed by atoms with Gasteiger partial charge in [-0.3, -0.25) is 4.79 Å². The van der Waals surface area contributed by atoms with Crippen molar-refractivity contribution < 1.29 is 9.32 Å². The third-order valence-electron chi connectivity index (χ3n) is 3.19. The number of rotatable bonds is 4. The van der Waals surface area contributed by atoms with Crippen molar-refractivity contribution in [2.24, 2.45) is 0 Å². The average molecular weight is 340 g/mol. The van der Waals surface area contributed by atoms with E-state index in [9.17, 15) is 4.79 Å². The number of anilines is 1. The number of aromatic nitrogens is 2. The van der Waals surface area contributed by atoms with Gasteiger partial charge in [0, 0.05) is 18.2 Å². The van der Waals surface area contributed by atoms with Crippen molar-refractivity contribution in [1.82, 2.24) is 10.1 Å². The van der Waals surface area contributed by atoms with Crippen LogP contribution in [0.3, 0.4) is 0 Å². The van der Waals surface area contributed by atoms with E-state index in [0.717, 1.165) is 16.8 Å². The standard InChI is InChI=1S/C18H14ClN3O2/c1-12(23)20-15-9-7-13(8-10-15)11-16(19)18-21-17(22-24-18)14-5-3-2-4-6-14/h2-11H,1H3,(H,20,23)/b16-11-. The second-order valence-corrected chi connectivity index (χ2v) is 5.49. The first-order valence-corrected chi connectivity index (χ1v) is 7.64. The van der Waals surface area contributed by atoms with E-state index < -0.39 is 0 Å². The third kappa shape index (κ3) is 3.88. The van der Waals surface area contributed by atoms with Gasteiger partial charge < -0.3 is 9.84 Å². The number of hydrogen-bond donors (Lipinski definition) is 1. The lowest BCUT2D eigenvalue weighted by atomic mass is 10.2. The molecule has 0 aliphatic rings. The molecule has 1 heterocycles. The first-order chi connectivity index (χ1) is 11.6. The molecular weight excluding hydrogens is 326 g/mol. The highest BCUT2D eigenvalue weighted by Crippen LogP contribution is 2.24. The van der Waals surface area contributed by atoms with Crippen molar-refractivity contribution in [1.29, 1.82) is 0 Å². The van der Waals surface area contributed by atoms with E-state index in [1.807, 2.05) is 42.5 Å². The molecule has 6 heteroatoms. The van der Waals surface area contributed by atoms with Gasteiger partial charge in [0.25, 0.3) is 5.89 Å². The summed E-state index contributed by atoms with van der Waals surface area (Å²) in [6.45, 7) is 1.46. The van der Waals surface area contributed by atoms with Crippen LogP contribution in [0.1, 0.15) is 18.4 Å². The second-order valence-electron chi connectivity index (χ2n) is 5.08. The van der Waals surface area contributed by atoms with Gasteiger partial charge in [-0.15, -0.1) is 0 Å². The number of nitrogens with zero attached hydrogens (tertiary/aromatic N) is 2. The predicted octanol–water partition coefficient (Wildman–Crippen LogP) is 4.43. The summed E-state index contributed by atoms with van der Waals surface area (Å²) < 4.78 is 5.21. The number of nitrogens with one attached hydrogen (secondary N) is 1. The van der Waals surface area contributed by atoms with Gasteiger partial charge in [-0.2, -0.15) is 4.98 Å². The quantitative estimate of drug-likeness (QED) is 0.763. The lowest BCUT2D eigenvalue weighted by Gasteiger charge is -2.01. The molecule has 0 saturated carbocycles. The Bertz CT molecular complexity index is 871. The first kappa shape index (κ1) is 16.0. The number of benzene rings is 2. The normalized spacial score (nSPS) is 11.3. The van der Waals surface area contributed by atoms with Crippen LogP contribution >= 0.6 is 11.6 Å². The van der Waals surface area contributed by atoms with E-state index in [-0.39, 0.29) is 11.8 Å². The monoisotopic (exact) mass is 339 g/mol. The van der Waals surface area contributed by atoms with Crippen molar-refractivity contribution in [3.05, 3.63) is 66.1 Å². The van der Waals surface area contributed by atoms with Crippen LogP contribution in [-0.2, 0) is 4.79 Å². The zero-order valence-electron chi connectivity index (χ0n) is 12.9. The van der Waals surface area contributed by atoms with Crippen LogP contribution in [0.2, 0.25) is 0 Å². The number of amides is 1. The molecule has 0 bridgehead atoms. The highest BCUT2D eigenvalue weighted by Gasteiger charge is 2.11. The second kappa shape index (κ2) is 7.10. The maximum absolute atomic E-state index is 11.0. The molecule has 5 nitrogen and oxygen atoms in total. The molecular formula is C18H14ClN3O2. The Labute approximate surface area is 144 Å². The van der Waals surface area contributed by atoms with E-state index in [1.165, 1.54) is 6.92 Å². The largest absolute Gasteiger partial charge is 0.333 e. The summed E-state index contributed by atoms with van der Waals surface area (Å²) in [5.74, 6) is 0.621. The molecule has 0 fully saturated rings. The summed E-state index contributed by atoms with van der Waals surface area (Å²) in [5, 5.41) is 6.99. The fraction of sp³-hybridized carbons (Fsp3) is 0.0556. The van der Waals surface area contributed by atoms with E-state index in [4.69, 9.17) is 16.1 Å². The lowest BCUT2D eigenvalue weighted by molar-refractivity contribution is -0.114. The van der Waals surface area contributed by atoms with Crippen molar-refractivity contribution >= 4 is 34.3 Å². The van der Waals surface area contributed by atoms with Crippen LogP contribution in [-0.4, -0.2) is 16.0 Å². The van der Waals surface area contributed by atoms with Gasteiger partial charge in [0.2, 0.25) is 11.7 Å². The molecule has 2 aromatic carbocycles. The van der Waals surface area contributed by atoms with E-state index in [0.29, 0.717) is 10.9 Å². The van der Waals surface area contributed by atoms with Gasteiger partial charge in [-0.05, 0) is 23.8 Å². The van der Waals surface area contributed by atoms with Crippen LogP contribution in [0.25, 0.3) is 22.5 Å². The molecule has 0 spiro atoms.